The molecule has 0 saturated carbocycles. The average Bonchev–Trinajstić information content (AvgIpc) is 3.07. The maximum atomic E-state index is 9.78. The number of hydrogen-bond donors (Lipinski definition) is 2. The average molecular weight is 310 g/mol. The van der Waals surface area contributed by atoms with Gasteiger partial charge in [0.05, 0.1) is 17.8 Å². The van der Waals surface area contributed by atoms with Crippen molar-refractivity contribution in [3.8, 4) is 11.3 Å². The minimum Gasteiger partial charge on any atom is -0.389 e. The molecule has 4 rings (SSSR count). The zero-order valence-corrected chi connectivity index (χ0v) is 13.4. The van der Waals surface area contributed by atoms with Crippen LogP contribution in [0.4, 0.5) is 5.95 Å². The molecule has 5 nitrogen and oxygen atoms in total. The lowest BCUT2D eigenvalue weighted by molar-refractivity contribution is 0.0979. The van der Waals surface area contributed by atoms with Crippen molar-refractivity contribution >= 4 is 5.95 Å². The van der Waals surface area contributed by atoms with Gasteiger partial charge in [0.1, 0.15) is 0 Å². The van der Waals surface area contributed by atoms with Crippen molar-refractivity contribution in [2.75, 3.05) is 11.4 Å². The van der Waals surface area contributed by atoms with E-state index in [1.807, 2.05) is 6.92 Å². The van der Waals surface area contributed by atoms with Gasteiger partial charge in [-0.3, -0.25) is 0 Å². The van der Waals surface area contributed by atoms with E-state index >= 15 is 0 Å². The third-order valence-electron chi connectivity index (χ3n) is 5.07. The van der Waals surface area contributed by atoms with Gasteiger partial charge in [0.15, 0.2) is 0 Å². The molecule has 1 aromatic carbocycles. The van der Waals surface area contributed by atoms with E-state index in [2.05, 4.69) is 29.2 Å². The molecular weight excluding hydrogens is 288 g/mol. The van der Waals surface area contributed by atoms with E-state index in [-0.39, 0.29) is 12.1 Å². The smallest absolute Gasteiger partial charge is 0.226 e. The summed E-state index contributed by atoms with van der Waals surface area (Å²) in [5.74, 6) is 0.751. The molecule has 1 fully saturated rings. The van der Waals surface area contributed by atoms with Crippen LogP contribution in [0.5, 0.6) is 0 Å². The van der Waals surface area contributed by atoms with Crippen molar-refractivity contribution in [1.82, 2.24) is 9.97 Å². The molecule has 1 aliphatic carbocycles. The number of aliphatic hydroxyl groups excluding tert-OH is 1. The summed E-state index contributed by atoms with van der Waals surface area (Å²) in [5.41, 5.74) is 11.4. The molecule has 0 unspecified atom stereocenters. The SMILES string of the molecule is C[C@H]1[C@H](O)CN1c1nc2c(c(-c3ccc(CN)cc3)n1)CCC2. The Kier molecular flexibility index (Phi) is 3.54. The van der Waals surface area contributed by atoms with Gasteiger partial charge in [-0.1, -0.05) is 24.3 Å². The molecule has 3 N–H and O–H groups in total. The van der Waals surface area contributed by atoms with Crippen molar-refractivity contribution in [2.45, 2.75) is 44.9 Å². The van der Waals surface area contributed by atoms with E-state index < -0.39 is 0 Å². The number of hydrogen-bond acceptors (Lipinski definition) is 5. The van der Waals surface area contributed by atoms with E-state index in [0.29, 0.717) is 13.1 Å². The Morgan fingerprint density at radius 2 is 2.00 bits per heavy atom. The largest absolute Gasteiger partial charge is 0.389 e. The van der Waals surface area contributed by atoms with Crippen molar-refractivity contribution in [2.24, 2.45) is 5.73 Å². The number of nitrogens with zero attached hydrogens (tertiary/aromatic N) is 3. The molecule has 1 aromatic heterocycles. The van der Waals surface area contributed by atoms with Gasteiger partial charge in [-0.25, -0.2) is 9.97 Å². The highest BCUT2D eigenvalue weighted by Crippen LogP contribution is 2.34. The van der Waals surface area contributed by atoms with Crippen molar-refractivity contribution in [3.63, 3.8) is 0 Å². The Balaban J connectivity index is 1.77. The Bertz CT molecular complexity index is 729. The van der Waals surface area contributed by atoms with Gasteiger partial charge in [-0.15, -0.1) is 0 Å². The van der Waals surface area contributed by atoms with Crippen molar-refractivity contribution in [3.05, 3.63) is 41.1 Å². The van der Waals surface area contributed by atoms with Crippen molar-refractivity contribution in [1.29, 1.82) is 0 Å². The van der Waals surface area contributed by atoms with Gasteiger partial charge in [0.2, 0.25) is 5.95 Å². The van der Waals surface area contributed by atoms with Crippen molar-refractivity contribution < 1.29 is 5.11 Å². The number of aromatic nitrogens is 2. The van der Waals surface area contributed by atoms with E-state index in [1.54, 1.807) is 0 Å². The first-order valence-electron chi connectivity index (χ1n) is 8.31. The van der Waals surface area contributed by atoms with Gasteiger partial charge in [0, 0.05) is 29.9 Å². The number of aryl methyl sites for hydroxylation is 1. The first-order chi connectivity index (χ1) is 11.2. The summed E-state index contributed by atoms with van der Waals surface area (Å²) in [4.78, 5) is 11.7. The molecule has 0 spiro atoms. The van der Waals surface area contributed by atoms with Crippen LogP contribution in [-0.4, -0.2) is 33.8 Å². The molecule has 1 saturated heterocycles. The van der Waals surface area contributed by atoms with Gasteiger partial charge >= 0.3 is 0 Å². The highest BCUT2D eigenvalue weighted by atomic mass is 16.3. The van der Waals surface area contributed by atoms with Crippen LogP contribution in [-0.2, 0) is 19.4 Å². The lowest BCUT2D eigenvalue weighted by atomic mass is 10.0. The fourth-order valence-corrected chi connectivity index (χ4v) is 3.44. The number of anilines is 1. The molecule has 0 radical (unpaired) electrons. The molecule has 2 aliphatic rings. The highest BCUT2D eigenvalue weighted by molar-refractivity contribution is 5.67. The standard InChI is InChI=1S/C18H22N4O/c1-11-16(23)10-22(11)18-20-15-4-2-3-14(15)17(21-18)13-7-5-12(9-19)6-8-13/h5-8,11,16,23H,2-4,9-10,19H2,1H3/t11-,16+/m0/s1. The summed E-state index contributed by atoms with van der Waals surface area (Å²) >= 11 is 0. The second-order valence-electron chi connectivity index (χ2n) is 6.51. The number of β-amino-alcohol motifs (C(OH)–C–C–N with tert-alkyl or cyclic N) is 1. The summed E-state index contributed by atoms with van der Waals surface area (Å²) in [7, 11) is 0. The molecule has 2 atom stereocenters. The molecule has 120 valence electrons. The third-order valence-corrected chi connectivity index (χ3v) is 5.07. The number of benzene rings is 1. The minimum atomic E-state index is -0.279. The number of fused-ring (bicyclic) bond motifs is 1. The maximum Gasteiger partial charge on any atom is 0.226 e. The van der Waals surface area contributed by atoms with Crippen LogP contribution in [0.25, 0.3) is 11.3 Å². The lowest BCUT2D eigenvalue weighted by Gasteiger charge is -2.43. The second-order valence-corrected chi connectivity index (χ2v) is 6.51. The summed E-state index contributed by atoms with van der Waals surface area (Å²) in [6, 6.07) is 8.41. The number of rotatable bonds is 3. The maximum absolute atomic E-state index is 9.78. The van der Waals surface area contributed by atoms with E-state index in [4.69, 9.17) is 15.7 Å². The van der Waals surface area contributed by atoms with E-state index in [1.165, 1.54) is 11.3 Å². The molecule has 0 amide bonds. The molecule has 2 heterocycles. The first kappa shape index (κ1) is 14.6. The minimum absolute atomic E-state index is 0.0851. The summed E-state index contributed by atoms with van der Waals surface area (Å²) in [5, 5.41) is 9.78. The topological polar surface area (TPSA) is 75.3 Å². The van der Waals surface area contributed by atoms with Crippen LogP contribution in [0.2, 0.25) is 0 Å². The predicted octanol–water partition coefficient (Wildman–Crippen LogP) is 1.66. The first-order valence-corrected chi connectivity index (χ1v) is 8.31. The fraction of sp³-hybridized carbons (Fsp3) is 0.444. The van der Waals surface area contributed by atoms with Crippen LogP contribution in [0.3, 0.4) is 0 Å². The van der Waals surface area contributed by atoms with Crippen LogP contribution in [0.15, 0.2) is 24.3 Å². The molecule has 23 heavy (non-hydrogen) atoms. The summed E-state index contributed by atoms with van der Waals surface area (Å²) < 4.78 is 0. The zero-order chi connectivity index (χ0) is 16.0. The van der Waals surface area contributed by atoms with Gasteiger partial charge in [-0.2, -0.15) is 0 Å². The summed E-state index contributed by atoms with van der Waals surface area (Å²) in [6.45, 7) is 3.18. The van der Waals surface area contributed by atoms with Gasteiger partial charge in [-0.05, 0) is 31.7 Å². The Labute approximate surface area is 136 Å². The zero-order valence-electron chi connectivity index (χ0n) is 13.4. The quantitative estimate of drug-likeness (QED) is 0.902. The predicted molar refractivity (Wildman–Crippen MR) is 90.2 cm³/mol. The fourth-order valence-electron chi connectivity index (χ4n) is 3.44. The highest BCUT2D eigenvalue weighted by Gasteiger charge is 2.36. The van der Waals surface area contributed by atoms with Crippen LogP contribution >= 0.6 is 0 Å². The number of nitrogens with two attached hydrogens (primary N) is 1. The van der Waals surface area contributed by atoms with E-state index in [0.717, 1.165) is 42.0 Å². The molecular formula is C18H22N4O. The van der Waals surface area contributed by atoms with Gasteiger partial charge in [0.25, 0.3) is 0 Å². The van der Waals surface area contributed by atoms with Crippen LogP contribution in [0, 0.1) is 0 Å². The second kappa shape index (κ2) is 5.58. The summed E-state index contributed by atoms with van der Waals surface area (Å²) in [6.07, 6.45) is 2.92. The van der Waals surface area contributed by atoms with Gasteiger partial charge < -0.3 is 15.7 Å². The normalized spacial score (nSPS) is 22.8. The van der Waals surface area contributed by atoms with Crippen LogP contribution in [0.1, 0.15) is 30.2 Å². The number of aliphatic hydroxyl groups is 1. The lowest BCUT2D eigenvalue weighted by Crippen LogP contribution is -2.59. The molecule has 1 aliphatic heterocycles. The Hall–Kier alpha value is -1.98. The molecule has 2 aromatic rings. The molecule has 0 bridgehead atoms. The molecule has 5 heteroatoms. The Morgan fingerprint density at radius 3 is 2.65 bits per heavy atom. The van der Waals surface area contributed by atoms with Crippen LogP contribution < -0.4 is 10.6 Å². The Morgan fingerprint density at radius 1 is 1.22 bits per heavy atom. The monoisotopic (exact) mass is 310 g/mol. The van der Waals surface area contributed by atoms with E-state index in [9.17, 15) is 5.11 Å². The third kappa shape index (κ3) is 2.40.